The number of aliphatic hydroxyl groups is 1. The fourth-order valence-electron chi connectivity index (χ4n) is 2.96. The lowest BCUT2D eigenvalue weighted by atomic mass is 9.82. The maximum Gasteiger partial charge on any atom is 0.165 e. The zero-order valence-corrected chi connectivity index (χ0v) is 9.46. The monoisotopic (exact) mass is 208 g/mol. The van der Waals surface area contributed by atoms with Crippen molar-refractivity contribution >= 4 is 5.78 Å². The van der Waals surface area contributed by atoms with Gasteiger partial charge in [-0.2, -0.15) is 0 Å². The van der Waals surface area contributed by atoms with Crippen LogP contribution in [-0.4, -0.2) is 10.9 Å². The Morgan fingerprint density at radius 2 is 1.93 bits per heavy atom. The average molecular weight is 208 g/mol. The maximum atomic E-state index is 12.0. The van der Waals surface area contributed by atoms with Crippen molar-refractivity contribution in [3.63, 3.8) is 0 Å². The highest BCUT2D eigenvalue weighted by Gasteiger charge is 2.36. The number of hydrogen-bond acceptors (Lipinski definition) is 2. The Labute approximate surface area is 91.4 Å². The van der Waals surface area contributed by atoms with E-state index < -0.39 is 0 Å². The van der Waals surface area contributed by atoms with E-state index >= 15 is 0 Å². The molecule has 0 aromatic heterocycles. The van der Waals surface area contributed by atoms with Gasteiger partial charge in [-0.15, -0.1) is 0 Å². The van der Waals surface area contributed by atoms with E-state index in [1.807, 2.05) is 6.92 Å². The average Bonchev–Trinajstić information content (AvgIpc) is 2.55. The number of ketones is 1. The normalized spacial score (nSPS) is 28.9. The molecule has 1 fully saturated rings. The van der Waals surface area contributed by atoms with Gasteiger partial charge in [-0.1, -0.05) is 26.2 Å². The second-order valence-corrected chi connectivity index (χ2v) is 4.87. The van der Waals surface area contributed by atoms with Gasteiger partial charge in [0.05, 0.1) is 5.76 Å². The van der Waals surface area contributed by atoms with Crippen LogP contribution < -0.4 is 0 Å². The third-order valence-electron chi connectivity index (χ3n) is 3.89. The molecule has 0 heterocycles. The molecule has 2 aliphatic carbocycles. The summed E-state index contributed by atoms with van der Waals surface area (Å²) in [5.41, 5.74) is 0.793. The highest BCUT2D eigenvalue weighted by molar-refractivity contribution is 6.00. The Balaban J connectivity index is 2.13. The third kappa shape index (κ3) is 1.95. The molecule has 0 amide bonds. The number of carbonyl (C=O) groups excluding carboxylic acids is 1. The molecular formula is C13H20O2. The van der Waals surface area contributed by atoms with Gasteiger partial charge in [-0.3, -0.25) is 4.79 Å². The summed E-state index contributed by atoms with van der Waals surface area (Å²) in [6, 6.07) is 0. The van der Waals surface area contributed by atoms with Crippen molar-refractivity contribution in [3.8, 4) is 0 Å². The van der Waals surface area contributed by atoms with Crippen LogP contribution >= 0.6 is 0 Å². The topological polar surface area (TPSA) is 37.3 Å². The van der Waals surface area contributed by atoms with E-state index in [9.17, 15) is 9.90 Å². The number of carbonyl (C=O) groups is 1. The number of rotatable bonds is 2. The van der Waals surface area contributed by atoms with Crippen LogP contribution in [0.1, 0.15) is 51.9 Å². The first kappa shape index (κ1) is 10.7. The largest absolute Gasteiger partial charge is 0.512 e. The minimum absolute atomic E-state index is 0.0712. The summed E-state index contributed by atoms with van der Waals surface area (Å²) >= 11 is 0. The van der Waals surface area contributed by atoms with Gasteiger partial charge in [0, 0.05) is 17.9 Å². The zero-order valence-electron chi connectivity index (χ0n) is 9.46. The van der Waals surface area contributed by atoms with E-state index in [-0.39, 0.29) is 11.7 Å². The predicted octanol–water partition coefficient (Wildman–Crippen LogP) is 3.38. The first-order valence-corrected chi connectivity index (χ1v) is 6.20. The van der Waals surface area contributed by atoms with Gasteiger partial charge in [-0.05, 0) is 25.2 Å². The summed E-state index contributed by atoms with van der Waals surface area (Å²) in [6.07, 6.45) is 7.37. The molecule has 0 aromatic carbocycles. The molecule has 0 aliphatic heterocycles. The van der Waals surface area contributed by atoms with Crippen molar-refractivity contribution in [2.75, 3.05) is 0 Å². The van der Waals surface area contributed by atoms with E-state index in [1.54, 1.807) is 0 Å². The Morgan fingerprint density at radius 1 is 1.27 bits per heavy atom. The summed E-state index contributed by atoms with van der Waals surface area (Å²) < 4.78 is 0. The second-order valence-electron chi connectivity index (χ2n) is 4.87. The van der Waals surface area contributed by atoms with Crippen LogP contribution in [0.4, 0.5) is 0 Å². The zero-order chi connectivity index (χ0) is 10.8. The minimum atomic E-state index is 0.0712. The Bertz CT molecular complexity index is 285. The molecule has 2 rings (SSSR count). The van der Waals surface area contributed by atoms with E-state index in [2.05, 4.69) is 0 Å². The molecule has 2 nitrogen and oxygen atoms in total. The van der Waals surface area contributed by atoms with Crippen molar-refractivity contribution in [1.82, 2.24) is 0 Å². The molecule has 2 aliphatic rings. The fraction of sp³-hybridized carbons (Fsp3) is 0.769. The summed E-state index contributed by atoms with van der Waals surface area (Å²) in [5, 5.41) is 9.87. The smallest absolute Gasteiger partial charge is 0.165 e. The van der Waals surface area contributed by atoms with Crippen LogP contribution in [0.3, 0.4) is 0 Å². The number of hydrogen-bond donors (Lipinski definition) is 1. The first-order valence-electron chi connectivity index (χ1n) is 6.20. The minimum Gasteiger partial charge on any atom is -0.512 e. The van der Waals surface area contributed by atoms with Gasteiger partial charge < -0.3 is 5.11 Å². The number of allylic oxidation sites excluding steroid dienone is 2. The van der Waals surface area contributed by atoms with E-state index in [0.29, 0.717) is 18.1 Å². The summed E-state index contributed by atoms with van der Waals surface area (Å²) in [5.74, 6) is 1.07. The summed E-state index contributed by atoms with van der Waals surface area (Å²) in [6.45, 7) is 2.03. The lowest BCUT2D eigenvalue weighted by molar-refractivity contribution is -0.119. The van der Waals surface area contributed by atoms with Gasteiger partial charge in [0.2, 0.25) is 0 Å². The van der Waals surface area contributed by atoms with Crippen molar-refractivity contribution in [2.24, 2.45) is 11.8 Å². The quantitative estimate of drug-likeness (QED) is 0.755. The highest BCUT2D eigenvalue weighted by atomic mass is 16.3. The van der Waals surface area contributed by atoms with Crippen LogP contribution in [0.2, 0.25) is 0 Å². The Kier molecular flexibility index (Phi) is 3.13. The highest BCUT2D eigenvalue weighted by Crippen LogP contribution is 2.39. The molecule has 1 saturated carbocycles. The van der Waals surface area contributed by atoms with Gasteiger partial charge in [0.25, 0.3) is 0 Å². The van der Waals surface area contributed by atoms with Gasteiger partial charge in [0.15, 0.2) is 5.78 Å². The number of Topliss-reactive ketones (excluding diaryl/α,β-unsaturated/α-hetero) is 1. The molecule has 0 spiro atoms. The van der Waals surface area contributed by atoms with Crippen LogP contribution in [0.5, 0.6) is 0 Å². The van der Waals surface area contributed by atoms with E-state index in [1.165, 1.54) is 19.3 Å². The molecular weight excluding hydrogens is 188 g/mol. The maximum absolute atomic E-state index is 12.0. The molecule has 1 atom stereocenters. The molecule has 0 aromatic rings. The van der Waals surface area contributed by atoms with Gasteiger partial charge in [0.1, 0.15) is 0 Å². The van der Waals surface area contributed by atoms with Gasteiger partial charge >= 0.3 is 0 Å². The lowest BCUT2D eigenvalue weighted by Gasteiger charge is -2.22. The molecule has 2 heteroatoms. The van der Waals surface area contributed by atoms with Crippen molar-refractivity contribution in [2.45, 2.75) is 51.9 Å². The van der Waals surface area contributed by atoms with E-state index in [4.69, 9.17) is 0 Å². The van der Waals surface area contributed by atoms with Crippen molar-refractivity contribution < 1.29 is 9.90 Å². The fourth-order valence-corrected chi connectivity index (χ4v) is 2.96. The molecule has 84 valence electrons. The van der Waals surface area contributed by atoms with E-state index in [0.717, 1.165) is 24.8 Å². The van der Waals surface area contributed by atoms with Crippen molar-refractivity contribution in [3.05, 3.63) is 11.3 Å². The SMILES string of the molecule is CCC1CC(O)=C(C2CCCCC2)C1=O. The molecule has 0 radical (unpaired) electrons. The van der Waals surface area contributed by atoms with Crippen LogP contribution in [-0.2, 0) is 4.79 Å². The first-order chi connectivity index (χ1) is 7.24. The second kappa shape index (κ2) is 4.38. The third-order valence-corrected chi connectivity index (χ3v) is 3.89. The van der Waals surface area contributed by atoms with Crippen LogP contribution in [0.25, 0.3) is 0 Å². The molecule has 1 unspecified atom stereocenters. The molecule has 0 bridgehead atoms. The lowest BCUT2D eigenvalue weighted by Crippen LogP contribution is -2.17. The predicted molar refractivity (Wildman–Crippen MR) is 59.6 cm³/mol. The number of aliphatic hydroxyl groups excluding tert-OH is 1. The van der Waals surface area contributed by atoms with Crippen LogP contribution in [0, 0.1) is 11.8 Å². The Morgan fingerprint density at radius 3 is 2.47 bits per heavy atom. The van der Waals surface area contributed by atoms with Crippen molar-refractivity contribution in [1.29, 1.82) is 0 Å². The molecule has 15 heavy (non-hydrogen) atoms. The van der Waals surface area contributed by atoms with Gasteiger partial charge in [-0.25, -0.2) is 0 Å². The Hall–Kier alpha value is -0.790. The summed E-state index contributed by atoms with van der Waals surface area (Å²) in [4.78, 5) is 12.0. The van der Waals surface area contributed by atoms with Crippen LogP contribution in [0.15, 0.2) is 11.3 Å². The summed E-state index contributed by atoms with van der Waals surface area (Å²) in [7, 11) is 0. The standard InChI is InChI=1S/C13H20O2/c1-2-9-8-11(14)12(13(9)15)10-6-4-3-5-7-10/h9-10,14H,2-8H2,1H3. The molecule has 0 saturated heterocycles. The molecule has 1 N–H and O–H groups in total.